The first-order valence-corrected chi connectivity index (χ1v) is 23.1. The van der Waals surface area contributed by atoms with E-state index in [0.717, 1.165) is 44.9 Å². The lowest BCUT2D eigenvalue weighted by Gasteiger charge is -2.22. The summed E-state index contributed by atoms with van der Waals surface area (Å²) in [4.78, 5) is 39.0. The molecule has 0 unspecified atom stereocenters. The van der Waals surface area contributed by atoms with Gasteiger partial charge >= 0.3 is 11.9 Å². The molecule has 7 heteroatoms. The first kappa shape index (κ1) is 52.6. The SMILES string of the molecule is CCCCC/C=C\C/C=C\CCCCCCCC(=O)OCCN(CCCOC(=O)CCCCCCC/C=C\CCCCCCCC)CCNC(=O)CC(C)C. The third-order valence-corrected chi connectivity index (χ3v) is 9.87. The molecule has 0 atom stereocenters. The second kappa shape index (κ2) is 42.7. The number of unbranched alkanes of at least 4 members (excludes halogenated alkanes) is 19. The zero-order valence-corrected chi connectivity index (χ0v) is 36.6. The Balaban J connectivity index is 4.08. The van der Waals surface area contributed by atoms with E-state index in [1.165, 1.54) is 109 Å². The molecule has 0 aliphatic heterocycles. The molecule has 0 fully saturated rings. The summed E-state index contributed by atoms with van der Waals surface area (Å²) in [6.07, 6.45) is 44.8. The number of esters is 2. The van der Waals surface area contributed by atoms with Crippen LogP contribution in [0.1, 0.15) is 207 Å². The van der Waals surface area contributed by atoms with Crippen molar-refractivity contribution < 1.29 is 23.9 Å². The van der Waals surface area contributed by atoms with Crippen LogP contribution in [0.2, 0.25) is 0 Å². The first-order valence-electron chi connectivity index (χ1n) is 23.1. The van der Waals surface area contributed by atoms with Crippen molar-refractivity contribution in [2.75, 3.05) is 39.4 Å². The Morgan fingerprint density at radius 2 is 0.945 bits per heavy atom. The van der Waals surface area contributed by atoms with Gasteiger partial charge in [-0.1, -0.05) is 148 Å². The van der Waals surface area contributed by atoms with Gasteiger partial charge < -0.3 is 14.8 Å². The van der Waals surface area contributed by atoms with Crippen molar-refractivity contribution in [3.8, 4) is 0 Å². The van der Waals surface area contributed by atoms with Gasteiger partial charge in [-0.2, -0.15) is 0 Å². The Morgan fingerprint density at radius 3 is 1.47 bits per heavy atom. The molecule has 0 bridgehead atoms. The van der Waals surface area contributed by atoms with Crippen molar-refractivity contribution in [2.45, 2.75) is 207 Å². The van der Waals surface area contributed by atoms with Gasteiger partial charge in [0, 0.05) is 45.4 Å². The lowest BCUT2D eigenvalue weighted by Crippen LogP contribution is -2.38. The Kier molecular flexibility index (Phi) is 40.9. The lowest BCUT2D eigenvalue weighted by atomic mass is 10.1. The van der Waals surface area contributed by atoms with Crippen LogP contribution in [0, 0.1) is 5.92 Å². The van der Waals surface area contributed by atoms with E-state index in [4.69, 9.17) is 9.47 Å². The number of carbonyl (C=O) groups is 3. The third-order valence-electron chi connectivity index (χ3n) is 9.87. The number of nitrogens with zero attached hydrogens (tertiary/aromatic N) is 1. The average molecular weight is 773 g/mol. The summed E-state index contributed by atoms with van der Waals surface area (Å²) >= 11 is 0. The molecule has 0 radical (unpaired) electrons. The Bertz CT molecular complexity index is 960. The molecule has 1 N–H and O–H groups in total. The van der Waals surface area contributed by atoms with Crippen LogP contribution in [0.3, 0.4) is 0 Å². The zero-order valence-electron chi connectivity index (χ0n) is 36.6. The average Bonchev–Trinajstić information content (AvgIpc) is 3.16. The zero-order chi connectivity index (χ0) is 40.3. The van der Waals surface area contributed by atoms with Crippen LogP contribution in [0.5, 0.6) is 0 Å². The minimum Gasteiger partial charge on any atom is -0.466 e. The second-order valence-electron chi connectivity index (χ2n) is 15.9. The molecular weight excluding hydrogens is 685 g/mol. The van der Waals surface area contributed by atoms with Gasteiger partial charge in [0.05, 0.1) is 6.61 Å². The summed E-state index contributed by atoms with van der Waals surface area (Å²) in [6, 6.07) is 0. The molecule has 0 heterocycles. The van der Waals surface area contributed by atoms with Gasteiger partial charge in [0.15, 0.2) is 0 Å². The largest absolute Gasteiger partial charge is 0.466 e. The normalized spacial score (nSPS) is 11.9. The van der Waals surface area contributed by atoms with E-state index in [1.54, 1.807) is 0 Å². The first-order chi connectivity index (χ1) is 26.9. The highest BCUT2D eigenvalue weighted by Crippen LogP contribution is 2.12. The number of hydrogen-bond donors (Lipinski definition) is 1. The van der Waals surface area contributed by atoms with Crippen molar-refractivity contribution >= 4 is 17.8 Å². The fraction of sp³-hybridized carbons (Fsp3) is 0.812. The number of amides is 1. The monoisotopic (exact) mass is 773 g/mol. The van der Waals surface area contributed by atoms with Crippen LogP contribution in [0.15, 0.2) is 36.5 Å². The molecule has 55 heavy (non-hydrogen) atoms. The standard InChI is InChI=1S/C48H88N2O5/c1-5-7-9-11-13-15-17-19-21-23-25-27-29-31-33-36-47(52)54-42-35-39-50(40-38-49-46(51)44-45(3)4)41-43-55-48(53)37-34-32-30-28-26-24-22-20-18-16-14-12-10-8-6-2/h14,16,19-22,45H,5-13,15,17-18,23-44H2,1-4H3,(H,49,51)/b16-14-,21-19-,22-20-. The fourth-order valence-corrected chi connectivity index (χ4v) is 6.46. The number of rotatable bonds is 41. The van der Waals surface area contributed by atoms with Crippen molar-refractivity contribution in [1.82, 2.24) is 10.2 Å². The van der Waals surface area contributed by atoms with Crippen LogP contribution in [0.4, 0.5) is 0 Å². The van der Waals surface area contributed by atoms with E-state index < -0.39 is 0 Å². The van der Waals surface area contributed by atoms with E-state index in [2.05, 4.69) is 60.5 Å². The summed E-state index contributed by atoms with van der Waals surface area (Å²) in [5.74, 6) is 0.118. The maximum Gasteiger partial charge on any atom is 0.305 e. The molecule has 7 nitrogen and oxygen atoms in total. The Morgan fingerprint density at radius 1 is 0.509 bits per heavy atom. The number of carbonyl (C=O) groups excluding carboxylic acids is 3. The molecule has 0 saturated heterocycles. The molecule has 0 aliphatic rings. The summed E-state index contributed by atoms with van der Waals surface area (Å²) in [5.41, 5.74) is 0. The van der Waals surface area contributed by atoms with Crippen molar-refractivity contribution in [3.63, 3.8) is 0 Å². The van der Waals surface area contributed by atoms with Gasteiger partial charge in [0.2, 0.25) is 5.91 Å². The molecule has 0 saturated carbocycles. The van der Waals surface area contributed by atoms with Gasteiger partial charge in [-0.05, 0) is 83.0 Å². The van der Waals surface area contributed by atoms with Gasteiger partial charge in [-0.3, -0.25) is 19.3 Å². The predicted octanol–water partition coefficient (Wildman–Crippen LogP) is 12.8. The summed E-state index contributed by atoms with van der Waals surface area (Å²) in [5, 5.41) is 3.00. The van der Waals surface area contributed by atoms with Crippen molar-refractivity contribution in [3.05, 3.63) is 36.5 Å². The van der Waals surface area contributed by atoms with Crippen LogP contribution in [0.25, 0.3) is 0 Å². The van der Waals surface area contributed by atoms with Gasteiger partial charge in [-0.15, -0.1) is 0 Å². The molecule has 1 amide bonds. The minimum absolute atomic E-state index is 0.0586. The van der Waals surface area contributed by atoms with Crippen LogP contribution in [-0.4, -0.2) is 62.1 Å². The van der Waals surface area contributed by atoms with Gasteiger partial charge in [0.1, 0.15) is 6.61 Å². The summed E-state index contributed by atoms with van der Waals surface area (Å²) < 4.78 is 11.1. The molecule has 0 aromatic heterocycles. The number of allylic oxidation sites excluding steroid dienone is 6. The number of nitrogens with one attached hydrogen (secondary N) is 1. The molecular formula is C48H88N2O5. The maximum atomic E-state index is 12.4. The highest BCUT2D eigenvalue weighted by molar-refractivity contribution is 5.76. The molecule has 0 aromatic carbocycles. The summed E-state index contributed by atoms with van der Waals surface area (Å²) in [6.45, 7) is 11.8. The maximum absolute atomic E-state index is 12.4. The lowest BCUT2D eigenvalue weighted by molar-refractivity contribution is -0.145. The van der Waals surface area contributed by atoms with E-state index in [0.29, 0.717) is 71.0 Å². The topological polar surface area (TPSA) is 84.9 Å². The highest BCUT2D eigenvalue weighted by atomic mass is 16.5. The predicted molar refractivity (Wildman–Crippen MR) is 234 cm³/mol. The number of hydrogen-bond acceptors (Lipinski definition) is 6. The van der Waals surface area contributed by atoms with E-state index in [1.807, 2.05) is 13.8 Å². The third kappa shape index (κ3) is 42.6. The summed E-state index contributed by atoms with van der Waals surface area (Å²) in [7, 11) is 0. The quantitative estimate of drug-likeness (QED) is 0.0378. The number of ether oxygens (including phenoxy) is 2. The van der Waals surface area contributed by atoms with Crippen molar-refractivity contribution in [1.29, 1.82) is 0 Å². The molecule has 320 valence electrons. The molecule has 0 rings (SSSR count). The Hall–Kier alpha value is -2.41. The van der Waals surface area contributed by atoms with Crippen LogP contribution in [-0.2, 0) is 23.9 Å². The van der Waals surface area contributed by atoms with Crippen LogP contribution >= 0.6 is 0 Å². The molecule has 0 spiro atoms. The molecule has 0 aliphatic carbocycles. The van der Waals surface area contributed by atoms with E-state index in [9.17, 15) is 14.4 Å². The smallest absolute Gasteiger partial charge is 0.305 e. The van der Waals surface area contributed by atoms with Crippen molar-refractivity contribution in [2.24, 2.45) is 5.92 Å². The highest BCUT2D eigenvalue weighted by Gasteiger charge is 2.11. The fourth-order valence-electron chi connectivity index (χ4n) is 6.46. The Labute approximate surface area is 340 Å². The van der Waals surface area contributed by atoms with Crippen LogP contribution < -0.4 is 5.32 Å². The van der Waals surface area contributed by atoms with Gasteiger partial charge in [0.25, 0.3) is 0 Å². The van der Waals surface area contributed by atoms with E-state index in [-0.39, 0.29) is 17.8 Å². The second-order valence-corrected chi connectivity index (χ2v) is 15.9. The minimum atomic E-state index is -0.138. The van der Waals surface area contributed by atoms with Gasteiger partial charge in [-0.25, -0.2) is 0 Å². The van der Waals surface area contributed by atoms with E-state index >= 15 is 0 Å². The molecule has 0 aromatic rings.